The Balaban J connectivity index is 1.37. The molecule has 1 amide bonds. The number of hydrogen-bond acceptors (Lipinski definition) is 7. The number of rotatable bonds is 7. The van der Waals surface area contributed by atoms with Crippen LogP contribution in [0.4, 0.5) is 0 Å². The molecular weight excluding hydrogens is 424 g/mol. The molecular formula is C25H20N2O6. The fourth-order valence-electron chi connectivity index (χ4n) is 2.99. The number of amides is 1. The quantitative estimate of drug-likeness (QED) is 0.196. The summed E-state index contributed by atoms with van der Waals surface area (Å²) in [6.07, 6.45) is 4.46. The zero-order valence-electron chi connectivity index (χ0n) is 17.7. The molecule has 166 valence electrons. The van der Waals surface area contributed by atoms with Crippen LogP contribution in [0, 0.1) is 0 Å². The maximum absolute atomic E-state index is 12.3. The molecule has 0 bridgehead atoms. The molecule has 1 heterocycles. The van der Waals surface area contributed by atoms with Crippen LogP contribution < -0.4 is 24.4 Å². The summed E-state index contributed by atoms with van der Waals surface area (Å²) in [5, 5.41) is 3.97. The Morgan fingerprint density at radius 1 is 0.939 bits per heavy atom. The van der Waals surface area contributed by atoms with Crippen molar-refractivity contribution in [1.82, 2.24) is 5.43 Å². The van der Waals surface area contributed by atoms with Crippen LogP contribution in [0.5, 0.6) is 23.0 Å². The highest BCUT2D eigenvalue weighted by atomic mass is 16.7. The number of nitrogens with zero attached hydrogens (tertiary/aromatic N) is 1. The van der Waals surface area contributed by atoms with Gasteiger partial charge in [-0.05, 0) is 53.6 Å². The molecule has 0 saturated heterocycles. The first-order valence-electron chi connectivity index (χ1n) is 9.98. The maximum Gasteiger partial charge on any atom is 0.336 e. The number of carbonyl (C=O) groups excluding carboxylic acids is 2. The van der Waals surface area contributed by atoms with Gasteiger partial charge in [-0.25, -0.2) is 10.2 Å². The second-order valence-electron chi connectivity index (χ2n) is 6.84. The van der Waals surface area contributed by atoms with E-state index in [0.717, 1.165) is 5.56 Å². The van der Waals surface area contributed by atoms with E-state index in [4.69, 9.17) is 18.9 Å². The fraction of sp³-hybridized carbons (Fsp3) is 0.0800. The fourth-order valence-corrected chi connectivity index (χ4v) is 2.99. The van der Waals surface area contributed by atoms with Gasteiger partial charge in [-0.15, -0.1) is 0 Å². The third kappa shape index (κ3) is 5.56. The first-order valence-corrected chi connectivity index (χ1v) is 9.98. The number of esters is 1. The molecule has 0 atom stereocenters. The van der Waals surface area contributed by atoms with E-state index in [1.807, 2.05) is 30.3 Å². The van der Waals surface area contributed by atoms with Crippen molar-refractivity contribution >= 4 is 24.2 Å². The molecule has 33 heavy (non-hydrogen) atoms. The molecule has 0 radical (unpaired) electrons. The van der Waals surface area contributed by atoms with Crippen molar-refractivity contribution in [3.05, 3.63) is 89.5 Å². The number of hydrogen-bond donors (Lipinski definition) is 1. The summed E-state index contributed by atoms with van der Waals surface area (Å²) in [6.45, 7) is 0.134. The van der Waals surface area contributed by atoms with E-state index in [2.05, 4.69) is 10.5 Å². The van der Waals surface area contributed by atoms with Crippen LogP contribution in [0.25, 0.3) is 6.08 Å². The SMILES string of the molecule is COc1cc(C=NNC(=O)c2ccc3c(c2)OCO3)ccc1OC(=O)C=Cc1ccccc1. The summed E-state index contributed by atoms with van der Waals surface area (Å²) in [7, 11) is 1.47. The van der Waals surface area contributed by atoms with E-state index in [1.54, 1.807) is 42.5 Å². The number of carbonyl (C=O) groups is 2. The van der Waals surface area contributed by atoms with Gasteiger partial charge in [0.05, 0.1) is 13.3 Å². The summed E-state index contributed by atoms with van der Waals surface area (Å²) < 4.78 is 21.2. The Kier molecular flexibility index (Phi) is 6.65. The minimum atomic E-state index is -0.533. The number of benzene rings is 3. The van der Waals surface area contributed by atoms with Crippen LogP contribution in [0.1, 0.15) is 21.5 Å². The van der Waals surface area contributed by atoms with Gasteiger partial charge in [0.1, 0.15) is 0 Å². The van der Waals surface area contributed by atoms with Crippen LogP contribution in [-0.4, -0.2) is 32.0 Å². The van der Waals surface area contributed by atoms with Crippen molar-refractivity contribution in [3.8, 4) is 23.0 Å². The van der Waals surface area contributed by atoms with E-state index in [0.29, 0.717) is 28.4 Å². The molecule has 0 saturated carbocycles. The van der Waals surface area contributed by atoms with Crippen LogP contribution in [-0.2, 0) is 4.79 Å². The first-order chi connectivity index (χ1) is 16.1. The minimum absolute atomic E-state index is 0.134. The van der Waals surface area contributed by atoms with Gasteiger partial charge in [-0.3, -0.25) is 4.79 Å². The third-order valence-corrected chi connectivity index (χ3v) is 4.62. The van der Waals surface area contributed by atoms with E-state index >= 15 is 0 Å². The lowest BCUT2D eigenvalue weighted by molar-refractivity contribution is -0.129. The molecule has 8 heteroatoms. The summed E-state index contributed by atoms with van der Waals surface area (Å²) >= 11 is 0. The first kappa shape index (κ1) is 21.6. The Bertz CT molecular complexity index is 1220. The molecule has 1 N–H and O–H groups in total. The van der Waals surface area contributed by atoms with Gasteiger partial charge in [0.25, 0.3) is 5.91 Å². The normalized spacial score (nSPS) is 12.2. The van der Waals surface area contributed by atoms with Crippen molar-refractivity contribution in [2.75, 3.05) is 13.9 Å². The smallest absolute Gasteiger partial charge is 0.336 e. The summed E-state index contributed by atoms with van der Waals surface area (Å²) in [5.74, 6) is 0.796. The van der Waals surface area contributed by atoms with Crippen molar-refractivity contribution in [3.63, 3.8) is 0 Å². The van der Waals surface area contributed by atoms with Crippen molar-refractivity contribution in [2.45, 2.75) is 0 Å². The molecule has 0 fully saturated rings. The Morgan fingerprint density at radius 3 is 2.58 bits per heavy atom. The lowest BCUT2D eigenvalue weighted by atomic mass is 10.2. The predicted octanol–water partition coefficient (Wildman–Crippen LogP) is 3.81. The number of nitrogens with one attached hydrogen (secondary N) is 1. The van der Waals surface area contributed by atoms with Crippen LogP contribution in [0.2, 0.25) is 0 Å². The number of methoxy groups -OCH3 is 1. The average Bonchev–Trinajstić information content (AvgIpc) is 3.32. The largest absolute Gasteiger partial charge is 0.493 e. The molecule has 1 aliphatic heterocycles. The van der Waals surface area contributed by atoms with Gasteiger partial charge in [0.15, 0.2) is 23.0 Å². The molecule has 3 aromatic carbocycles. The van der Waals surface area contributed by atoms with Crippen LogP contribution >= 0.6 is 0 Å². The lowest BCUT2D eigenvalue weighted by Crippen LogP contribution is -2.17. The Hall–Kier alpha value is -4.59. The zero-order chi connectivity index (χ0) is 23.0. The van der Waals surface area contributed by atoms with Gasteiger partial charge in [-0.2, -0.15) is 5.10 Å². The van der Waals surface area contributed by atoms with Crippen LogP contribution in [0.3, 0.4) is 0 Å². The Labute approximate surface area is 190 Å². The standard InChI is InChI=1S/C25H20N2O6/c1-30-22-13-18(7-10-21(22)33-24(28)12-8-17-5-3-2-4-6-17)15-26-27-25(29)19-9-11-20-23(14-19)32-16-31-20/h2-15H,16H2,1H3,(H,27,29). The van der Waals surface area contributed by atoms with Crippen molar-refractivity contribution < 1.29 is 28.5 Å². The zero-order valence-corrected chi connectivity index (χ0v) is 17.7. The van der Waals surface area contributed by atoms with Crippen molar-refractivity contribution in [1.29, 1.82) is 0 Å². The summed E-state index contributed by atoms with van der Waals surface area (Å²) in [6, 6.07) is 19.2. The van der Waals surface area contributed by atoms with Gasteiger partial charge < -0.3 is 18.9 Å². The third-order valence-electron chi connectivity index (χ3n) is 4.62. The van der Waals surface area contributed by atoms with Gasteiger partial charge >= 0.3 is 5.97 Å². The number of hydrazone groups is 1. The number of ether oxygens (including phenoxy) is 4. The minimum Gasteiger partial charge on any atom is -0.493 e. The van der Waals surface area contributed by atoms with E-state index in [-0.39, 0.29) is 12.5 Å². The highest BCUT2D eigenvalue weighted by molar-refractivity contribution is 5.95. The maximum atomic E-state index is 12.3. The topological polar surface area (TPSA) is 95.5 Å². The summed E-state index contributed by atoms with van der Waals surface area (Å²) in [5.41, 5.74) is 4.36. The molecule has 3 aromatic rings. The predicted molar refractivity (Wildman–Crippen MR) is 122 cm³/mol. The second kappa shape index (κ2) is 10.1. The molecule has 0 aromatic heterocycles. The molecule has 0 unspecified atom stereocenters. The monoisotopic (exact) mass is 444 g/mol. The number of fused-ring (bicyclic) bond motifs is 1. The highest BCUT2D eigenvalue weighted by Crippen LogP contribution is 2.32. The Morgan fingerprint density at radius 2 is 1.76 bits per heavy atom. The van der Waals surface area contributed by atoms with Gasteiger partial charge in [-0.1, -0.05) is 30.3 Å². The van der Waals surface area contributed by atoms with Crippen LogP contribution in [0.15, 0.2) is 77.9 Å². The molecule has 0 spiro atoms. The molecule has 8 nitrogen and oxygen atoms in total. The average molecular weight is 444 g/mol. The second-order valence-corrected chi connectivity index (χ2v) is 6.84. The van der Waals surface area contributed by atoms with Gasteiger partial charge in [0, 0.05) is 11.6 Å². The lowest BCUT2D eigenvalue weighted by Gasteiger charge is -2.08. The van der Waals surface area contributed by atoms with E-state index in [1.165, 1.54) is 19.4 Å². The van der Waals surface area contributed by atoms with E-state index in [9.17, 15) is 9.59 Å². The molecule has 4 rings (SSSR count). The molecule has 1 aliphatic rings. The molecule has 0 aliphatic carbocycles. The van der Waals surface area contributed by atoms with E-state index < -0.39 is 11.9 Å². The van der Waals surface area contributed by atoms with Crippen molar-refractivity contribution in [2.24, 2.45) is 5.10 Å². The summed E-state index contributed by atoms with van der Waals surface area (Å²) in [4.78, 5) is 24.4. The highest BCUT2D eigenvalue weighted by Gasteiger charge is 2.16. The van der Waals surface area contributed by atoms with Gasteiger partial charge in [0.2, 0.25) is 6.79 Å².